The monoisotopic (exact) mass is 279 g/mol. The molecule has 0 aliphatic carbocycles. The van der Waals surface area contributed by atoms with Gasteiger partial charge in [-0.1, -0.05) is 35.9 Å². The van der Waals surface area contributed by atoms with E-state index in [1.54, 1.807) is 6.20 Å². The molecule has 4 heteroatoms. The molecule has 0 aliphatic heterocycles. The van der Waals surface area contributed by atoms with Gasteiger partial charge in [0.1, 0.15) is 0 Å². The Hall–Kier alpha value is -2.62. The Labute approximate surface area is 123 Å². The smallest absolute Gasteiger partial charge is 0.224 e. The van der Waals surface area contributed by atoms with Crippen molar-refractivity contribution in [3.63, 3.8) is 0 Å². The molecule has 0 saturated heterocycles. The third-order valence-corrected chi connectivity index (χ3v) is 3.43. The molecule has 0 fully saturated rings. The zero-order valence-corrected chi connectivity index (χ0v) is 11.9. The van der Waals surface area contributed by atoms with E-state index in [0.29, 0.717) is 13.0 Å². The number of benzene rings is 1. The van der Waals surface area contributed by atoms with E-state index in [2.05, 4.69) is 10.4 Å². The molecular formula is C17H17N3O. The van der Waals surface area contributed by atoms with Crippen molar-refractivity contribution < 1.29 is 4.79 Å². The summed E-state index contributed by atoms with van der Waals surface area (Å²) in [6.45, 7) is 2.53. The van der Waals surface area contributed by atoms with Crippen molar-refractivity contribution in [2.75, 3.05) is 0 Å². The number of hydrogen-bond donors (Lipinski definition) is 1. The summed E-state index contributed by atoms with van der Waals surface area (Å²) in [5.41, 5.74) is 4.25. The number of fused-ring (bicyclic) bond motifs is 1. The summed E-state index contributed by atoms with van der Waals surface area (Å²) in [7, 11) is 0. The molecule has 1 aromatic carbocycles. The lowest BCUT2D eigenvalue weighted by molar-refractivity contribution is -0.120. The maximum Gasteiger partial charge on any atom is 0.224 e. The molecule has 0 unspecified atom stereocenters. The Balaban J connectivity index is 1.63. The number of nitrogens with one attached hydrogen (secondary N) is 1. The van der Waals surface area contributed by atoms with Crippen LogP contribution in [0.15, 0.2) is 54.9 Å². The van der Waals surface area contributed by atoms with E-state index in [1.165, 1.54) is 5.56 Å². The van der Waals surface area contributed by atoms with Crippen LogP contribution in [0.3, 0.4) is 0 Å². The first-order valence-corrected chi connectivity index (χ1v) is 6.96. The van der Waals surface area contributed by atoms with Crippen LogP contribution < -0.4 is 5.32 Å². The molecule has 1 N–H and O–H groups in total. The number of hydrogen-bond acceptors (Lipinski definition) is 2. The summed E-state index contributed by atoms with van der Waals surface area (Å²) in [5.74, 6) is 0.0240. The summed E-state index contributed by atoms with van der Waals surface area (Å²) < 4.78 is 1.81. The predicted molar refractivity (Wildman–Crippen MR) is 81.9 cm³/mol. The predicted octanol–water partition coefficient (Wildman–Crippen LogP) is 2.50. The minimum atomic E-state index is 0.0240. The van der Waals surface area contributed by atoms with Gasteiger partial charge in [0, 0.05) is 18.3 Å². The van der Waals surface area contributed by atoms with Crippen molar-refractivity contribution in [1.29, 1.82) is 0 Å². The highest BCUT2D eigenvalue weighted by Crippen LogP contribution is 2.10. The number of aromatic nitrogens is 2. The van der Waals surface area contributed by atoms with E-state index < -0.39 is 0 Å². The van der Waals surface area contributed by atoms with Gasteiger partial charge >= 0.3 is 0 Å². The number of rotatable bonds is 4. The first-order valence-electron chi connectivity index (χ1n) is 6.96. The van der Waals surface area contributed by atoms with Crippen molar-refractivity contribution in [3.05, 3.63) is 71.5 Å². The summed E-state index contributed by atoms with van der Waals surface area (Å²) >= 11 is 0. The van der Waals surface area contributed by atoms with E-state index >= 15 is 0 Å². The highest BCUT2D eigenvalue weighted by atomic mass is 16.1. The van der Waals surface area contributed by atoms with Crippen molar-refractivity contribution in [3.8, 4) is 0 Å². The number of aryl methyl sites for hydroxylation is 1. The van der Waals surface area contributed by atoms with Crippen LogP contribution in [0.4, 0.5) is 0 Å². The average Bonchev–Trinajstić information content (AvgIpc) is 2.88. The molecule has 1 amide bonds. The normalized spacial score (nSPS) is 10.7. The summed E-state index contributed by atoms with van der Waals surface area (Å²) in [4.78, 5) is 12.0. The SMILES string of the molecule is Cc1cccc(CC(=O)NCc2cnn3ccccc23)c1. The van der Waals surface area contributed by atoms with Crippen molar-refractivity contribution in [2.45, 2.75) is 19.9 Å². The lowest BCUT2D eigenvalue weighted by Gasteiger charge is -2.05. The van der Waals surface area contributed by atoms with Gasteiger partial charge in [-0.25, -0.2) is 4.52 Å². The second-order valence-corrected chi connectivity index (χ2v) is 5.14. The fourth-order valence-electron chi connectivity index (χ4n) is 2.39. The molecular weight excluding hydrogens is 262 g/mol. The van der Waals surface area contributed by atoms with Crippen LogP contribution >= 0.6 is 0 Å². The number of carbonyl (C=O) groups is 1. The fourth-order valence-corrected chi connectivity index (χ4v) is 2.39. The Kier molecular flexibility index (Phi) is 3.69. The number of pyridine rings is 1. The van der Waals surface area contributed by atoms with Gasteiger partial charge in [-0.05, 0) is 24.6 Å². The Morgan fingerprint density at radius 2 is 2.14 bits per heavy atom. The van der Waals surface area contributed by atoms with E-state index in [4.69, 9.17) is 0 Å². The summed E-state index contributed by atoms with van der Waals surface area (Å²) in [6.07, 6.45) is 4.09. The molecule has 0 aliphatic rings. The summed E-state index contributed by atoms with van der Waals surface area (Å²) in [6, 6.07) is 13.9. The molecule has 2 aromatic heterocycles. The van der Waals surface area contributed by atoms with Crippen LogP contribution in [0.2, 0.25) is 0 Å². The summed E-state index contributed by atoms with van der Waals surface area (Å²) in [5, 5.41) is 7.21. The van der Waals surface area contributed by atoms with Crippen LogP contribution in [-0.2, 0) is 17.8 Å². The molecule has 0 atom stereocenters. The van der Waals surface area contributed by atoms with Crippen LogP contribution in [0.1, 0.15) is 16.7 Å². The van der Waals surface area contributed by atoms with Gasteiger partial charge < -0.3 is 5.32 Å². The van der Waals surface area contributed by atoms with Gasteiger partial charge in [-0.15, -0.1) is 0 Å². The zero-order valence-electron chi connectivity index (χ0n) is 11.9. The fraction of sp³-hybridized carbons (Fsp3) is 0.176. The second-order valence-electron chi connectivity index (χ2n) is 5.14. The first-order chi connectivity index (χ1) is 10.2. The van der Waals surface area contributed by atoms with Gasteiger partial charge in [0.25, 0.3) is 0 Å². The maximum atomic E-state index is 12.0. The van der Waals surface area contributed by atoms with E-state index in [0.717, 1.165) is 16.6 Å². The molecule has 3 rings (SSSR count). The lowest BCUT2D eigenvalue weighted by Crippen LogP contribution is -2.24. The molecule has 0 radical (unpaired) electrons. The molecule has 4 nitrogen and oxygen atoms in total. The molecule has 21 heavy (non-hydrogen) atoms. The maximum absolute atomic E-state index is 12.0. The van der Waals surface area contributed by atoms with E-state index in [9.17, 15) is 4.79 Å². The van der Waals surface area contributed by atoms with Crippen LogP contribution in [0, 0.1) is 6.92 Å². The third-order valence-electron chi connectivity index (χ3n) is 3.43. The minimum Gasteiger partial charge on any atom is -0.352 e. The zero-order chi connectivity index (χ0) is 14.7. The van der Waals surface area contributed by atoms with Crippen LogP contribution in [0.25, 0.3) is 5.52 Å². The van der Waals surface area contributed by atoms with E-state index in [1.807, 2.05) is 60.1 Å². The molecule has 0 saturated carbocycles. The highest BCUT2D eigenvalue weighted by molar-refractivity contribution is 5.78. The average molecular weight is 279 g/mol. The topological polar surface area (TPSA) is 46.4 Å². The van der Waals surface area contributed by atoms with Crippen LogP contribution in [0.5, 0.6) is 0 Å². The number of carbonyl (C=O) groups excluding carboxylic acids is 1. The Bertz CT molecular complexity index is 776. The van der Waals surface area contributed by atoms with Gasteiger partial charge in [0.15, 0.2) is 0 Å². The van der Waals surface area contributed by atoms with Crippen LogP contribution in [-0.4, -0.2) is 15.5 Å². The quantitative estimate of drug-likeness (QED) is 0.797. The molecule has 0 bridgehead atoms. The van der Waals surface area contributed by atoms with Gasteiger partial charge in [0.2, 0.25) is 5.91 Å². The lowest BCUT2D eigenvalue weighted by atomic mass is 10.1. The van der Waals surface area contributed by atoms with Gasteiger partial charge in [-0.2, -0.15) is 5.10 Å². The Morgan fingerprint density at radius 3 is 3.00 bits per heavy atom. The second kappa shape index (κ2) is 5.79. The van der Waals surface area contributed by atoms with Gasteiger partial charge in [-0.3, -0.25) is 4.79 Å². The largest absolute Gasteiger partial charge is 0.352 e. The molecule has 3 aromatic rings. The van der Waals surface area contributed by atoms with Crippen molar-refractivity contribution >= 4 is 11.4 Å². The number of nitrogens with zero attached hydrogens (tertiary/aromatic N) is 2. The minimum absolute atomic E-state index is 0.0240. The van der Waals surface area contributed by atoms with Gasteiger partial charge in [0.05, 0.1) is 18.1 Å². The molecule has 106 valence electrons. The molecule has 0 spiro atoms. The first kappa shape index (κ1) is 13.4. The standard InChI is InChI=1S/C17H17N3O/c1-13-5-4-6-14(9-13)10-17(21)18-11-15-12-19-20-8-3-2-7-16(15)20/h2-9,12H,10-11H2,1H3,(H,18,21). The van der Waals surface area contributed by atoms with E-state index in [-0.39, 0.29) is 5.91 Å². The number of amides is 1. The third kappa shape index (κ3) is 3.11. The highest BCUT2D eigenvalue weighted by Gasteiger charge is 2.06. The van der Waals surface area contributed by atoms with Crippen molar-refractivity contribution in [1.82, 2.24) is 14.9 Å². The van der Waals surface area contributed by atoms with Crippen molar-refractivity contribution in [2.24, 2.45) is 0 Å². The Morgan fingerprint density at radius 1 is 1.24 bits per heavy atom. The molecule has 2 heterocycles.